The summed E-state index contributed by atoms with van der Waals surface area (Å²) in [6, 6.07) is -2.39. The fourth-order valence-corrected chi connectivity index (χ4v) is 4.25. The number of alkyl halides is 3. The van der Waals surface area contributed by atoms with Crippen molar-refractivity contribution in [1.82, 2.24) is 21.1 Å². The second kappa shape index (κ2) is 8.29. The van der Waals surface area contributed by atoms with Crippen molar-refractivity contribution in [2.75, 3.05) is 13.1 Å². The zero-order chi connectivity index (χ0) is 23.9. The van der Waals surface area contributed by atoms with E-state index in [0.717, 1.165) is 0 Å². The van der Waals surface area contributed by atoms with Crippen molar-refractivity contribution < 1.29 is 32.3 Å². The van der Waals surface area contributed by atoms with Gasteiger partial charge in [0.15, 0.2) is 0 Å². The molecule has 2 rings (SSSR count). The molecule has 1 heterocycles. The van der Waals surface area contributed by atoms with Crippen LogP contribution in [0.2, 0.25) is 0 Å². The van der Waals surface area contributed by atoms with Gasteiger partial charge in [-0.2, -0.15) is 13.2 Å². The number of fused-ring (bicyclic) bond motifs is 1. The Labute approximate surface area is 178 Å². The van der Waals surface area contributed by atoms with Gasteiger partial charge in [0.1, 0.15) is 12.1 Å². The molecule has 2 fully saturated rings. The fourth-order valence-electron chi connectivity index (χ4n) is 4.25. The molecule has 0 aromatic rings. The highest BCUT2D eigenvalue weighted by molar-refractivity contribution is 5.94. The molecule has 9 nitrogen and oxygen atoms in total. The van der Waals surface area contributed by atoms with Crippen molar-refractivity contribution in [2.45, 2.75) is 59.3 Å². The third kappa shape index (κ3) is 5.28. The first-order valence-electron chi connectivity index (χ1n) is 9.98. The minimum absolute atomic E-state index is 0.0109. The third-order valence-electron chi connectivity index (χ3n) is 6.11. The topological polar surface area (TPSA) is 134 Å². The van der Waals surface area contributed by atoms with E-state index >= 15 is 0 Å². The highest BCUT2D eigenvalue weighted by Crippen LogP contribution is 2.65. The third-order valence-corrected chi connectivity index (χ3v) is 6.11. The van der Waals surface area contributed by atoms with Crippen molar-refractivity contribution in [1.29, 1.82) is 0 Å². The van der Waals surface area contributed by atoms with Gasteiger partial charge in [0.2, 0.25) is 11.8 Å². The number of primary amides is 1. The minimum atomic E-state index is -5.14. The molecule has 1 aliphatic heterocycles. The monoisotopic (exact) mass is 449 g/mol. The molecule has 12 heteroatoms. The van der Waals surface area contributed by atoms with Crippen LogP contribution in [-0.2, 0) is 19.2 Å². The smallest absolute Gasteiger partial charge is 0.370 e. The van der Waals surface area contributed by atoms with Crippen LogP contribution in [0, 0.1) is 22.7 Å². The highest BCUT2D eigenvalue weighted by Gasteiger charge is 2.69. The number of hydrogen-bond donors (Lipinski definition) is 4. The number of nitrogens with one attached hydrogen (secondary N) is 3. The molecular weight excluding hydrogens is 419 g/mol. The first kappa shape index (κ1) is 24.9. The normalized spacial score (nSPS) is 25.4. The summed E-state index contributed by atoms with van der Waals surface area (Å²) >= 11 is 0. The number of nitrogens with two attached hydrogens (primary N) is 1. The lowest BCUT2D eigenvalue weighted by molar-refractivity contribution is -0.176. The van der Waals surface area contributed by atoms with Crippen LogP contribution in [0.25, 0.3) is 0 Å². The number of amides is 4. The predicted molar refractivity (Wildman–Crippen MR) is 104 cm³/mol. The van der Waals surface area contributed by atoms with Gasteiger partial charge in [-0.1, -0.05) is 34.6 Å². The van der Waals surface area contributed by atoms with Crippen LogP contribution >= 0.6 is 0 Å². The Balaban J connectivity index is 2.20. The van der Waals surface area contributed by atoms with Crippen LogP contribution in [0.5, 0.6) is 0 Å². The van der Waals surface area contributed by atoms with E-state index in [9.17, 15) is 32.3 Å². The molecule has 4 atom stereocenters. The molecule has 4 amide bonds. The number of rotatable bonds is 7. The Morgan fingerprint density at radius 1 is 1.16 bits per heavy atom. The summed E-state index contributed by atoms with van der Waals surface area (Å²) < 4.78 is 38.4. The van der Waals surface area contributed by atoms with Gasteiger partial charge in [0.25, 0.3) is 5.91 Å². The predicted octanol–water partition coefficient (Wildman–Crippen LogP) is 0.0588. The van der Waals surface area contributed by atoms with Crippen LogP contribution in [0.3, 0.4) is 0 Å². The molecule has 2 aliphatic rings. The highest BCUT2D eigenvalue weighted by atomic mass is 19.4. The SMILES string of the molecule is CC(C)(C)[C@H](NC(=O)C(F)(F)F)C(=O)N1C[C@H]2[C@@H]([C@H]1C(=O)NNCCC(N)=O)C2(C)C. The number of likely N-dealkylation sites (tertiary alicyclic amines) is 1. The maximum absolute atomic E-state index is 13.2. The average Bonchev–Trinajstić information content (AvgIpc) is 2.96. The Hall–Kier alpha value is -2.37. The van der Waals surface area contributed by atoms with Crippen molar-refractivity contribution in [3.63, 3.8) is 0 Å². The van der Waals surface area contributed by atoms with E-state index in [4.69, 9.17) is 5.73 Å². The summed E-state index contributed by atoms with van der Waals surface area (Å²) in [4.78, 5) is 49.7. The molecule has 5 N–H and O–H groups in total. The molecule has 1 saturated carbocycles. The number of nitrogens with zero attached hydrogens (tertiary/aromatic N) is 1. The summed E-state index contributed by atoms with van der Waals surface area (Å²) in [6.45, 7) is 8.80. The second-order valence-corrected chi connectivity index (χ2v) is 9.79. The van der Waals surface area contributed by atoms with E-state index in [0.29, 0.717) is 0 Å². The standard InChI is InChI=1S/C19H30F3N5O4/c1-17(2,3)13(25-16(31)19(20,21)22)15(30)27-8-9-11(18(9,4)5)12(27)14(29)26-24-7-6-10(23)28/h9,11-13,24H,6-8H2,1-5H3,(H2,23,28)(H,25,31)(H,26,29)/t9-,11-,12-,13+/m0/s1. The lowest BCUT2D eigenvalue weighted by atomic mass is 9.85. The van der Waals surface area contributed by atoms with Crippen LogP contribution in [0.4, 0.5) is 13.2 Å². The zero-order valence-corrected chi connectivity index (χ0v) is 18.2. The van der Waals surface area contributed by atoms with E-state index in [-0.39, 0.29) is 36.8 Å². The summed E-state index contributed by atoms with van der Waals surface area (Å²) in [6.07, 6.45) is -5.15. The number of halogens is 3. The Morgan fingerprint density at radius 2 is 1.74 bits per heavy atom. The Kier molecular flexibility index (Phi) is 6.65. The van der Waals surface area contributed by atoms with Gasteiger partial charge >= 0.3 is 12.1 Å². The van der Waals surface area contributed by atoms with Crippen molar-refractivity contribution in [3.8, 4) is 0 Å². The Morgan fingerprint density at radius 3 is 2.23 bits per heavy atom. The minimum Gasteiger partial charge on any atom is -0.370 e. The molecular formula is C19H30F3N5O4. The fraction of sp³-hybridized carbons (Fsp3) is 0.789. The van der Waals surface area contributed by atoms with Gasteiger partial charge in [0, 0.05) is 19.5 Å². The number of piperidine rings is 1. The Bertz CT molecular complexity index is 763. The van der Waals surface area contributed by atoms with Gasteiger partial charge in [-0.25, -0.2) is 5.43 Å². The number of hydrogen-bond acceptors (Lipinski definition) is 5. The van der Waals surface area contributed by atoms with Crippen molar-refractivity contribution in [3.05, 3.63) is 0 Å². The van der Waals surface area contributed by atoms with E-state index in [1.807, 2.05) is 13.8 Å². The largest absolute Gasteiger partial charge is 0.471 e. The van der Waals surface area contributed by atoms with Gasteiger partial charge < -0.3 is 16.0 Å². The van der Waals surface area contributed by atoms with Gasteiger partial charge in [0.05, 0.1) is 0 Å². The second-order valence-electron chi connectivity index (χ2n) is 9.79. The van der Waals surface area contributed by atoms with Gasteiger partial charge in [-0.3, -0.25) is 24.6 Å². The van der Waals surface area contributed by atoms with Gasteiger partial charge in [-0.15, -0.1) is 0 Å². The van der Waals surface area contributed by atoms with Crippen LogP contribution < -0.4 is 21.9 Å². The molecule has 1 saturated heterocycles. The van der Waals surface area contributed by atoms with E-state index in [1.165, 1.54) is 25.7 Å². The summed E-state index contributed by atoms with van der Waals surface area (Å²) in [5.41, 5.74) is 8.82. The molecule has 1 aliphatic carbocycles. The number of hydrazine groups is 1. The number of carbonyl (C=O) groups excluding carboxylic acids is 4. The molecule has 0 aromatic carbocycles. The van der Waals surface area contributed by atoms with E-state index in [1.54, 1.807) is 5.32 Å². The first-order chi connectivity index (χ1) is 14.0. The molecule has 0 bridgehead atoms. The number of carbonyl (C=O) groups is 4. The maximum atomic E-state index is 13.2. The summed E-state index contributed by atoms with van der Waals surface area (Å²) in [7, 11) is 0. The lowest BCUT2D eigenvalue weighted by Crippen LogP contribution is -2.61. The summed E-state index contributed by atoms with van der Waals surface area (Å²) in [5, 5.41) is 1.79. The summed E-state index contributed by atoms with van der Waals surface area (Å²) in [5.74, 6) is -4.21. The maximum Gasteiger partial charge on any atom is 0.471 e. The van der Waals surface area contributed by atoms with Crippen LogP contribution in [0.15, 0.2) is 0 Å². The molecule has 31 heavy (non-hydrogen) atoms. The molecule has 0 spiro atoms. The molecule has 0 unspecified atom stereocenters. The van der Waals surface area contributed by atoms with Crippen LogP contribution in [0.1, 0.15) is 41.0 Å². The molecule has 0 aromatic heterocycles. The molecule has 0 radical (unpaired) electrons. The average molecular weight is 449 g/mol. The van der Waals surface area contributed by atoms with E-state index in [2.05, 4.69) is 10.9 Å². The van der Waals surface area contributed by atoms with Crippen molar-refractivity contribution >= 4 is 23.6 Å². The first-order valence-corrected chi connectivity index (χ1v) is 9.98. The van der Waals surface area contributed by atoms with Crippen molar-refractivity contribution in [2.24, 2.45) is 28.4 Å². The lowest BCUT2D eigenvalue weighted by Gasteiger charge is -2.37. The van der Waals surface area contributed by atoms with E-state index < -0.39 is 47.3 Å². The molecule has 176 valence electrons. The quantitative estimate of drug-likeness (QED) is 0.322. The van der Waals surface area contributed by atoms with Gasteiger partial charge in [-0.05, 0) is 22.7 Å². The zero-order valence-electron chi connectivity index (χ0n) is 18.2. The van der Waals surface area contributed by atoms with Crippen LogP contribution in [-0.4, -0.2) is 59.9 Å².